The summed E-state index contributed by atoms with van der Waals surface area (Å²) >= 11 is 4.83. The van der Waals surface area contributed by atoms with Crippen molar-refractivity contribution in [2.24, 2.45) is 11.7 Å². The van der Waals surface area contributed by atoms with Crippen LogP contribution in [0.5, 0.6) is 0 Å². The first-order valence-electron chi connectivity index (χ1n) is 6.41. The Morgan fingerprint density at radius 1 is 1.44 bits per heavy atom. The van der Waals surface area contributed by atoms with Crippen LogP contribution in [0.2, 0.25) is 0 Å². The molecule has 2 N–H and O–H groups in total. The number of nitrogens with two attached hydrogens (primary N) is 1. The highest BCUT2D eigenvalue weighted by atomic mass is 32.2. The van der Waals surface area contributed by atoms with Crippen LogP contribution < -0.4 is 5.73 Å². The first-order chi connectivity index (χ1) is 8.37. The molecule has 0 aromatic rings. The van der Waals surface area contributed by atoms with Gasteiger partial charge in [-0.2, -0.15) is 17.0 Å². The zero-order chi connectivity index (χ0) is 13.8. The van der Waals surface area contributed by atoms with Crippen molar-refractivity contribution in [2.45, 2.75) is 33.1 Å². The molecule has 106 valence electrons. The maximum Gasteiger partial charge on any atom is 0.282 e. The lowest BCUT2D eigenvalue weighted by atomic mass is 10.0. The molecule has 0 unspecified atom stereocenters. The summed E-state index contributed by atoms with van der Waals surface area (Å²) in [5.74, 6) is 0.603. The van der Waals surface area contributed by atoms with Crippen LogP contribution in [-0.2, 0) is 10.2 Å². The van der Waals surface area contributed by atoms with Gasteiger partial charge in [-0.05, 0) is 25.2 Å². The molecule has 0 bridgehead atoms. The molecule has 5 nitrogen and oxygen atoms in total. The Bertz CT molecular complexity index is 376. The van der Waals surface area contributed by atoms with Gasteiger partial charge in [-0.1, -0.05) is 26.1 Å². The van der Waals surface area contributed by atoms with Gasteiger partial charge in [0.25, 0.3) is 10.2 Å². The lowest BCUT2D eigenvalue weighted by Gasteiger charge is -2.33. The molecule has 0 radical (unpaired) electrons. The quantitative estimate of drug-likeness (QED) is 0.741. The number of hydrogen-bond donors (Lipinski definition) is 1. The van der Waals surface area contributed by atoms with Crippen LogP contribution in [0.4, 0.5) is 0 Å². The van der Waals surface area contributed by atoms with E-state index in [0.29, 0.717) is 25.6 Å². The summed E-state index contributed by atoms with van der Waals surface area (Å²) in [6.07, 6.45) is 2.60. The highest BCUT2D eigenvalue weighted by molar-refractivity contribution is 7.87. The Morgan fingerprint density at radius 3 is 2.44 bits per heavy atom. The van der Waals surface area contributed by atoms with E-state index in [-0.39, 0.29) is 11.5 Å². The average molecular weight is 293 g/mol. The third-order valence-corrected chi connectivity index (χ3v) is 5.31. The fourth-order valence-corrected chi connectivity index (χ4v) is 4.03. The summed E-state index contributed by atoms with van der Waals surface area (Å²) in [5, 5.41) is 0. The van der Waals surface area contributed by atoms with E-state index >= 15 is 0 Å². The maximum absolute atomic E-state index is 12.5. The molecule has 7 heteroatoms. The van der Waals surface area contributed by atoms with Gasteiger partial charge in [0.05, 0.1) is 11.5 Å². The normalized spacial score (nSPS) is 19.3. The fourth-order valence-electron chi connectivity index (χ4n) is 2.08. The van der Waals surface area contributed by atoms with Gasteiger partial charge in [-0.25, -0.2) is 0 Å². The van der Waals surface area contributed by atoms with E-state index in [1.165, 1.54) is 4.31 Å². The van der Waals surface area contributed by atoms with Crippen LogP contribution in [-0.4, -0.2) is 48.2 Å². The molecule has 1 heterocycles. The second-order valence-electron chi connectivity index (χ2n) is 4.89. The van der Waals surface area contributed by atoms with E-state index in [1.807, 2.05) is 6.92 Å². The number of piperidine rings is 1. The molecule has 1 fully saturated rings. The minimum atomic E-state index is -3.41. The van der Waals surface area contributed by atoms with E-state index in [1.54, 1.807) is 4.31 Å². The van der Waals surface area contributed by atoms with Crippen LogP contribution in [0.1, 0.15) is 33.1 Å². The van der Waals surface area contributed by atoms with Crippen LogP contribution in [0.3, 0.4) is 0 Å². The van der Waals surface area contributed by atoms with Gasteiger partial charge in [0.1, 0.15) is 0 Å². The molecular formula is C11H23N3O2S2. The van der Waals surface area contributed by atoms with Crippen molar-refractivity contribution in [3.05, 3.63) is 0 Å². The van der Waals surface area contributed by atoms with E-state index in [2.05, 4.69) is 6.92 Å². The fraction of sp³-hybridized carbons (Fsp3) is 0.909. The van der Waals surface area contributed by atoms with E-state index in [9.17, 15) is 8.42 Å². The molecule has 1 aliphatic rings. The Balaban J connectivity index is 2.77. The van der Waals surface area contributed by atoms with Crippen molar-refractivity contribution in [2.75, 3.05) is 26.2 Å². The first kappa shape index (κ1) is 15.8. The lowest BCUT2D eigenvalue weighted by molar-refractivity contribution is 0.268. The molecule has 0 aromatic heterocycles. The van der Waals surface area contributed by atoms with E-state index < -0.39 is 10.2 Å². The van der Waals surface area contributed by atoms with Gasteiger partial charge in [0.2, 0.25) is 0 Å². The summed E-state index contributed by atoms with van der Waals surface area (Å²) in [7, 11) is -3.41. The minimum Gasteiger partial charge on any atom is -0.392 e. The third kappa shape index (κ3) is 4.15. The lowest BCUT2D eigenvalue weighted by Crippen LogP contribution is -2.49. The molecule has 1 rings (SSSR count). The molecule has 1 saturated heterocycles. The van der Waals surface area contributed by atoms with Crippen LogP contribution in [0.15, 0.2) is 0 Å². The van der Waals surface area contributed by atoms with Gasteiger partial charge in [0.15, 0.2) is 0 Å². The van der Waals surface area contributed by atoms with Crippen molar-refractivity contribution < 1.29 is 8.42 Å². The minimum absolute atomic E-state index is 0.136. The first-order valence-corrected chi connectivity index (χ1v) is 8.22. The highest BCUT2D eigenvalue weighted by Crippen LogP contribution is 2.20. The number of nitrogens with zero attached hydrogens (tertiary/aromatic N) is 2. The monoisotopic (exact) mass is 293 g/mol. The zero-order valence-corrected chi connectivity index (χ0v) is 12.8. The summed E-state index contributed by atoms with van der Waals surface area (Å²) in [6.45, 7) is 5.90. The van der Waals surface area contributed by atoms with Gasteiger partial charge >= 0.3 is 0 Å². The topological polar surface area (TPSA) is 66.6 Å². The Hall–Kier alpha value is -0.240. The molecule has 0 aliphatic carbocycles. The second-order valence-corrected chi connectivity index (χ2v) is 7.34. The second kappa shape index (κ2) is 6.79. The molecule has 1 aliphatic heterocycles. The van der Waals surface area contributed by atoms with Crippen molar-refractivity contribution >= 4 is 27.4 Å². The van der Waals surface area contributed by atoms with Crippen LogP contribution >= 0.6 is 12.2 Å². The molecule has 0 aromatic carbocycles. The highest BCUT2D eigenvalue weighted by Gasteiger charge is 2.31. The summed E-state index contributed by atoms with van der Waals surface area (Å²) in [5.41, 5.74) is 5.48. The molecule has 18 heavy (non-hydrogen) atoms. The van der Waals surface area contributed by atoms with Crippen LogP contribution in [0, 0.1) is 5.92 Å². The smallest absolute Gasteiger partial charge is 0.282 e. The molecule has 0 spiro atoms. The summed E-state index contributed by atoms with van der Waals surface area (Å²) in [6, 6.07) is 0. The van der Waals surface area contributed by atoms with Gasteiger partial charge in [0, 0.05) is 19.6 Å². The SMILES string of the molecule is CCCN(CC(N)=S)S(=O)(=O)N1CCC(C)CC1. The number of rotatable bonds is 6. The van der Waals surface area contributed by atoms with Gasteiger partial charge < -0.3 is 5.73 Å². The van der Waals surface area contributed by atoms with E-state index in [0.717, 1.165) is 19.3 Å². The number of thiocarbonyl (C=S) groups is 1. The summed E-state index contributed by atoms with van der Waals surface area (Å²) < 4.78 is 27.9. The molecule has 0 saturated carbocycles. The largest absolute Gasteiger partial charge is 0.392 e. The average Bonchev–Trinajstić information content (AvgIpc) is 2.28. The Labute approximate surface area is 115 Å². The standard InChI is InChI=1S/C11H23N3O2S2/c1-3-6-14(9-11(12)17)18(15,16)13-7-4-10(2)5-8-13/h10H,3-9H2,1-2H3,(H2,12,17). The van der Waals surface area contributed by atoms with Crippen molar-refractivity contribution in [3.8, 4) is 0 Å². The van der Waals surface area contributed by atoms with Gasteiger partial charge in [-0.3, -0.25) is 0 Å². The van der Waals surface area contributed by atoms with Crippen molar-refractivity contribution in [3.63, 3.8) is 0 Å². The Kier molecular flexibility index (Phi) is 5.97. The zero-order valence-electron chi connectivity index (χ0n) is 11.1. The molecule has 0 atom stereocenters. The number of hydrogen-bond acceptors (Lipinski definition) is 3. The van der Waals surface area contributed by atoms with Crippen molar-refractivity contribution in [1.82, 2.24) is 8.61 Å². The third-order valence-electron chi connectivity index (χ3n) is 3.20. The van der Waals surface area contributed by atoms with Crippen molar-refractivity contribution in [1.29, 1.82) is 0 Å². The molecule has 0 amide bonds. The van der Waals surface area contributed by atoms with Gasteiger partial charge in [-0.15, -0.1) is 0 Å². The summed E-state index contributed by atoms with van der Waals surface area (Å²) in [4.78, 5) is 0.220. The van der Waals surface area contributed by atoms with Crippen LogP contribution in [0.25, 0.3) is 0 Å². The predicted molar refractivity (Wildman–Crippen MR) is 77.5 cm³/mol. The maximum atomic E-state index is 12.5. The Morgan fingerprint density at radius 2 is 2.00 bits per heavy atom. The predicted octanol–water partition coefficient (Wildman–Crippen LogP) is 0.961. The van der Waals surface area contributed by atoms with E-state index in [4.69, 9.17) is 18.0 Å². The molecular weight excluding hydrogens is 270 g/mol.